The summed E-state index contributed by atoms with van der Waals surface area (Å²) in [4.78, 5) is 10.7. The molecule has 1 nitrogen and oxygen atoms in total. The molecule has 1 radical (unpaired) electrons. The van der Waals surface area contributed by atoms with Gasteiger partial charge in [-0.25, -0.2) is 0 Å². The molecule has 3 heteroatoms. The van der Waals surface area contributed by atoms with Gasteiger partial charge in [-0.3, -0.25) is 0 Å². The molecule has 0 N–H and O–H groups in total. The van der Waals surface area contributed by atoms with E-state index in [4.69, 9.17) is 11.6 Å². The van der Waals surface area contributed by atoms with Crippen LogP contribution in [-0.2, 0) is 0 Å². The van der Waals surface area contributed by atoms with Crippen LogP contribution in [0.25, 0.3) is 0 Å². The van der Waals surface area contributed by atoms with Crippen LogP contribution in [0.3, 0.4) is 0 Å². The van der Waals surface area contributed by atoms with E-state index in [2.05, 4.69) is 16.0 Å². The third-order valence-corrected chi connectivity index (χ3v) is 2.26. The SMILES string of the molecule is Cc1ccc(C(=O)Cl)c([Se])c1. The Balaban J connectivity index is 3.20. The fourth-order valence-corrected chi connectivity index (χ4v) is 1.81. The average molecular weight is 233 g/mol. The van der Waals surface area contributed by atoms with Crippen LogP contribution in [0.15, 0.2) is 18.2 Å². The third-order valence-electron chi connectivity index (χ3n) is 1.35. The van der Waals surface area contributed by atoms with Gasteiger partial charge in [0.25, 0.3) is 0 Å². The van der Waals surface area contributed by atoms with E-state index >= 15 is 0 Å². The van der Waals surface area contributed by atoms with Crippen LogP contribution in [0.5, 0.6) is 0 Å². The van der Waals surface area contributed by atoms with Crippen molar-refractivity contribution in [1.82, 2.24) is 0 Å². The normalized spacial score (nSPS) is 9.64. The van der Waals surface area contributed by atoms with E-state index in [0.29, 0.717) is 5.56 Å². The van der Waals surface area contributed by atoms with Gasteiger partial charge in [-0.15, -0.1) is 0 Å². The van der Waals surface area contributed by atoms with E-state index in [-0.39, 0.29) is 0 Å². The van der Waals surface area contributed by atoms with Crippen LogP contribution in [0.1, 0.15) is 15.9 Å². The zero-order valence-electron chi connectivity index (χ0n) is 5.93. The minimum atomic E-state index is -0.418. The first-order valence-electron chi connectivity index (χ1n) is 3.09. The third kappa shape index (κ3) is 2.06. The van der Waals surface area contributed by atoms with Crippen molar-refractivity contribution in [3.05, 3.63) is 29.3 Å². The summed E-state index contributed by atoms with van der Waals surface area (Å²) in [6.07, 6.45) is 0. The van der Waals surface area contributed by atoms with Gasteiger partial charge in [-0.1, -0.05) is 0 Å². The summed E-state index contributed by atoms with van der Waals surface area (Å²) in [5.74, 6) is 0. The molecular weight excluding hydrogens is 226 g/mol. The average Bonchev–Trinajstić information content (AvgIpc) is 1.85. The number of halogens is 1. The molecule has 1 rings (SSSR count). The van der Waals surface area contributed by atoms with Crippen molar-refractivity contribution in [2.45, 2.75) is 6.92 Å². The Kier molecular flexibility index (Phi) is 2.72. The van der Waals surface area contributed by atoms with Gasteiger partial charge >= 0.3 is 78.4 Å². The number of carbonyl (C=O) groups is 1. The van der Waals surface area contributed by atoms with E-state index in [9.17, 15) is 4.79 Å². The summed E-state index contributed by atoms with van der Waals surface area (Å²) in [5.41, 5.74) is 1.65. The molecule has 0 fully saturated rings. The Morgan fingerprint density at radius 1 is 1.55 bits per heavy atom. The van der Waals surface area contributed by atoms with Crippen molar-refractivity contribution in [2.75, 3.05) is 0 Å². The van der Waals surface area contributed by atoms with Gasteiger partial charge in [0.2, 0.25) is 0 Å². The first kappa shape index (κ1) is 8.79. The van der Waals surface area contributed by atoms with Gasteiger partial charge < -0.3 is 0 Å². The quantitative estimate of drug-likeness (QED) is 0.525. The molecule has 0 spiro atoms. The predicted molar refractivity (Wildman–Crippen MR) is 46.8 cm³/mol. The van der Waals surface area contributed by atoms with Gasteiger partial charge in [-0.2, -0.15) is 0 Å². The van der Waals surface area contributed by atoms with E-state index in [1.807, 2.05) is 19.1 Å². The number of hydrogen-bond acceptors (Lipinski definition) is 1. The van der Waals surface area contributed by atoms with Crippen LogP contribution in [0, 0.1) is 6.92 Å². The summed E-state index contributed by atoms with van der Waals surface area (Å²) in [7, 11) is 0. The first-order valence-corrected chi connectivity index (χ1v) is 4.32. The van der Waals surface area contributed by atoms with E-state index in [1.165, 1.54) is 0 Å². The zero-order chi connectivity index (χ0) is 8.43. The summed E-state index contributed by atoms with van der Waals surface area (Å²) in [6.45, 7) is 1.96. The molecule has 1 aromatic carbocycles. The Labute approximate surface area is 78.6 Å². The second-order valence-corrected chi connectivity index (χ2v) is 3.54. The molecule has 0 aliphatic carbocycles. The van der Waals surface area contributed by atoms with Crippen molar-refractivity contribution in [2.24, 2.45) is 0 Å². The van der Waals surface area contributed by atoms with Crippen molar-refractivity contribution in [1.29, 1.82) is 0 Å². The second kappa shape index (κ2) is 3.40. The maximum atomic E-state index is 10.7. The molecule has 1 aromatic rings. The van der Waals surface area contributed by atoms with Crippen LogP contribution in [0.4, 0.5) is 0 Å². The van der Waals surface area contributed by atoms with Crippen molar-refractivity contribution in [3.8, 4) is 0 Å². The molecule has 0 amide bonds. The summed E-state index contributed by atoms with van der Waals surface area (Å²) in [6, 6.07) is 5.46. The molecule has 0 bridgehead atoms. The van der Waals surface area contributed by atoms with Crippen molar-refractivity contribution >= 4 is 37.3 Å². The molecule has 11 heavy (non-hydrogen) atoms. The Morgan fingerprint density at radius 2 is 2.18 bits per heavy atom. The number of aryl methyl sites for hydroxylation is 1. The maximum absolute atomic E-state index is 10.7. The molecule has 0 aliphatic rings. The predicted octanol–water partition coefficient (Wildman–Crippen LogP) is 1.17. The van der Waals surface area contributed by atoms with Crippen molar-refractivity contribution in [3.63, 3.8) is 0 Å². The van der Waals surface area contributed by atoms with Crippen LogP contribution < -0.4 is 4.46 Å². The summed E-state index contributed by atoms with van der Waals surface area (Å²) < 4.78 is 0.810. The molecule has 0 aliphatic heterocycles. The topological polar surface area (TPSA) is 17.1 Å². The summed E-state index contributed by atoms with van der Waals surface area (Å²) >= 11 is 8.09. The Bertz CT molecular complexity index is 296. The Morgan fingerprint density at radius 3 is 2.64 bits per heavy atom. The van der Waals surface area contributed by atoms with Crippen molar-refractivity contribution < 1.29 is 4.79 Å². The standard InChI is InChI=1S/C8H6ClOSe/c1-5-2-3-6(8(9)10)7(11)4-5/h2-4H,1H3. The fraction of sp³-hybridized carbons (Fsp3) is 0.125. The zero-order valence-corrected chi connectivity index (χ0v) is 8.40. The van der Waals surface area contributed by atoms with Gasteiger partial charge in [0.1, 0.15) is 0 Å². The molecule has 0 unspecified atom stereocenters. The van der Waals surface area contributed by atoms with Gasteiger partial charge in [-0.05, 0) is 0 Å². The molecule has 0 atom stereocenters. The molecule has 0 saturated heterocycles. The fourth-order valence-electron chi connectivity index (χ4n) is 0.792. The second-order valence-electron chi connectivity index (χ2n) is 2.27. The number of benzene rings is 1. The minimum absolute atomic E-state index is 0.418. The Hall–Kier alpha value is -0.301. The van der Waals surface area contributed by atoms with E-state index in [1.54, 1.807) is 6.07 Å². The van der Waals surface area contributed by atoms with Crippen LogP contribution >= 0.6 is 11.6 Å². The monoisotopic (exact) mass is 233 g/mol. The molecule has 57 valence electrons. The van der Waals surface area contributed by atoms with Gasteiger partial charge in [0.05, 0.1) is 0 Å². The van der Waals surface area contributed by atoms with E-state index < -0.39 is 5.24 Å². The first-order chi connectivity index (χ1) is 5.11. The molecule has 0 heterocycles. The van der Waals surface area contributed by atoms with Gasteiger partial charge in [0, 0.05) is 0 Å². The number of hydrogen-bond donors (Lipinski definition) is 0. The number of carbonyl (C=O) groups excluding carboxylic acids is 1. The molecule has 0 saturated carbocycles. The van der Waals surface area contributed by atoms with Crippen LogP contribution in [-0.4, -0.2) is 21.3 Å². The summed E-state index contributed by atoms with van der Waals surface area (Å²) in [5, 5.41) is -0.418. The van der Waals surface area contributed by atoms with Crippen LogP contribution in [0.2, 0.25) is 0 Å². The molecule has 0 aromatic heterocycles. The van der Waals surface area contributed by atoms with E-state index in [0.717, 1.165) is 10.0 Å². The molecular formula is C8H6ClOSe. The van der Waals surface area contributed by atoms with Gasteiger partial charge in [0.15, 0.2) is 0 Å². The number of rotatable bonds is 1.